The number of hydrogen-bond donors (Lipinski definition) is 0. The Labute approximate surface area is 104 Å². The molecule has 1 aromatic carbocycles. The molecule has 1 heterocycles. The van der Waals surface area contributed by atoms with Crippen LogP contribution in [0.15, 0.2) is 41.3 Å². The van der Waals surface area contributed by atoms with E-state index in [0.717, 1.165) is 23.1 Å². The number of carbonyl (C=O) groups excluding carboxylic acids is 1. The molecule has 2 heteroatoms. The van der Waals surface area contributed by atoms with E-state index in [-0.39, 0.29) is 5.78 Å². The van der Waals surface area contributed by atoms with Crippen molar-refractivity contribution in [1.29, 1.82) is 0 Å². The predicted octanol–water partition coefficient (Wildman–Crippen LogP) is 3.88. The van der Waals surface area contributed by atoms with E-state index < -0.39 is 0 Å². The molecule has 1 aromatic heterocycles. The fourth-order valence-corrected chi connectivity index (χ4v) is 3.04. The third-order valence-corrected chi connectivity index (χ3v) is 4.11. The second kappa shape index (κ2) is 3.97. The fourth-order valence-electron chi connectivity index (χ4n) is 2.16. The lowest BCUT2D eigenvalue weighted by Crippen LogP contribution is -1.94. The van der Waals surface area contributed by atoms with Gasteiger partial charge in [0.1, 0.15) is 0 Å². The molecule has 0 aliphatic heterocycles. The number of Topliss-reactive ketones (excluding diaryl/α,β-unsaturated/α-hetero) is 1. The molecular formula is C15H12OS. The Morgan fingerprint density at radius 2 is 2.06 bits per heavy atom. The van der Waals surface area contributed by atoms with Gasteiger partial charge in [0.2, 0.25) is 0 Å². The molecule has 0 unspecified atom stereocenters. The third-order valence-electron chi connectivity index (χ3n) is 3.14. The van der Waals surface area contributed by atoms with Gasteiger partial charge < -0.3 is 0 Å². The highest BCUT2D eigenvalue weighted by atomic mass is 32.1. The summed E-state index contributed by atoms with van der Waals surface area (Å²) < 4.78 is 0. The average Bonchev–Trinajstić information content (AvgIpc) is 2.87. The number of hydrogen-bond acceptors (Lipinski definition) is 2. The van der Waals surface area contributed by atoms with Gasteiger partial charge >= 0.3 is 0 Å². The smallest absolute Gasteiger partial charge is 0.189 e. The minimum absolute atomic E-state index is 0.188. The number of ketones is 1. The molecule has 0 radical (unpaired) electrons. The van der Waals surface area contributed by atoms with Gasteiger partial charge in [0, 0.05) is 22.4 Å². The normalized spacial score (nSPS) is 16.5. The van der Waals surface area contributed by atoms with Gasteiger partial charge in [-0.05, 0) is 35.6 Å². The summed E-state index contributed by atoms with van der Waals surface area (Å²) in [6.07, 6.45) is 2.81. The van der Waals surface area contributed by atoms with E-state index in [4.69, 9.17) is 0 Å². The zero-order valence-corrected chi connectivity index (χ0v) is 10.4. The van der Waals surface area contributed by atoms with Crippen molar-refractivity contribution < 1.29 is 4.79 Å². The quantitative estimate of drug-likeness (QED) is 0.691. The minimum Gasteiger partial charge on any atom is -0.289 e. The molecule has 2 aromatic rings. The molecule has 0 fully saturated rings. The Bertz CT molecular complexity index is 619. The van der Waals surface area contributed by atoms with E-state index in [1.807, 2.05) is 30.3 Å². The van der Waals surface area contributed by atoms with Crippen molar-refractivity contribution in [2.45, 2.75) is 13.3 Å². The van der Waals surface area contributed by atoms with Gasteiger partial charge in [0.05, 0.1) is 0 Å². The van der Waals surface area contributed by atoms with E-state index in [0.29, 0.717) is 0 Å². The van der Waals surface area contributed by atoms with Crippen molar-refractivity contribution in [3.8, 4) is 0 Å². The van der Waals surface area contributed by atoms with Crippen molar-refractivity contribution in [1.82, 2.24) is 0 Å². The molecule has 0 saturated carbocycles. The minimum atomic E-state index is 0.188. The summed E-state index contributed by atoms with van der Waals surface area (Å²) in [4.78, 5) is 13.4. The maximum atomic E-state index is 12.2. The summed E-state index contributed by atoms with van der Waals surface area (Å²) in [7, 11) is 0. The molecule has 0 N–H and O–H groups in total. The van der Waals surface area contributed by atoms with Gasteiger partial charge in [0.25, 0.3) is 0 Å². The monoisotopic (exact) mass is 240 g/mol. The molecular weight excluding hydrogens is 228 g/mol. The lowest BCUT2D eigenvalue weighted by atomic mass is 10.1. The lowest BCUT2D eigenvalue weighted by molar-refractivity contribution is 0.104. The van der Waals surface area contributed by atoms with Crippen molar-refractivity contribution in [3.63, 3.8) is 0 Å². The van der Waals surface area contributed by atoms with Gasteiger partial charge in [-0.15, -0.1) is 11.3 Å². The van der Waals surface area contributed by atoms with Crippen molar-refractivity contribution in [3.05, 3.63) is 62.9 Å². The first-order chi connectivity index (χ1) is 8.25. The Hall–Kier alpha value is -1.67. The second-order valence-corrected chi connectivity index (χ2v) is 5.25. The second-order valence-electron chi connectivity index (χ2n) is 4.30. The first kappa shape index (κ1) is 10.5. The van der Waals surface area contributed by atoms with E-state index >= 15 is 0 Å². The highest BCUT2D eigenvalue weighted by molar-refractivity contribution is 7.11. The molecule has 0 spiro atoms. The number of aryl methyl sites for hydroxylation is 1. The fraction of sp³-hybridized carbons (Fsp3) is 0.133. The molecule has 0 atom stereocenters. The van der Waals surface area contributed by atoms with Crippen LogP contribution in [0.2, 0.25) is 0 Å². The molecule has 0 bridgehead atoms. The molecule has 17 heavy (non-hydrogen) atoms. The Kier molecular flexibility index (Phi) is 2.45. The topological polar surface area (TPSA) is 17.1 Å². The number of rotatable bonds is 1. The van der Waals surface area contributed by atoms with Gasteiger partial charge in [-0.1, -0.05) is 24.3 Å². The SMILES string of the molecule is Cc1ccsc1C=C1Cc2ccccc2C1=O. The van der Waals surface area contributed by atoms with Crippen LogP contribution in [0.25, 0.3) is 6.08 Å². The van der Waals surface area contributed by atoms with Crippen LogP contribution >= 0.6 is 11.3 Å². The van der Waals surface area contributed by atoms with Crippen LogP contribution in [0.1, 0.15) is 26.4 Å². The first-order valence-corrected chi connectivity index (χ1v) is 6.51. The van der Waals surface area contributed by atoms with Gasteiger partial charge in [-0.25, -0.2) is 0 Å². The van der Waals surface area contributed by atoms with Crippen LogP contribution in [0.5, 0.6) is 0 Å². The summed E-state index contributed by atoms with van der Waals surface area (Å²) in [5.74, 6) is 0.188. The van der Waals surface area contributed by atoms with Crippen LogP contribution in [-0.2, 0) is 6.42 Å². The number of benzene rings is 1. The summed E-state index contributed by atoms with van der Waals surface area (Å²) >= 11 is 1.69. The maximum Gasteiger partial charge on any atom is 0.189 e. The Morgan fingerprint density at radius 1 is 1.24 bits per heavy atom. The molecule has 1 nitrogen and oxygen atoms in total. The summed E-state index contributed by atoms with van der Waals surface area (Å²) in [6, 6.07) is 9.96. The van der Waals surface area contributed by atoms with Crippen molar-refractivity contribution >= 4 is 23.2 Å². The first-order valence-electron chi connectivity index (χ1n) is 5.63. The Morgan fingerprint density at radius 3 is 2.76 bits per heavy atom. The molecule has 84 valence electrons. The summed E-state index contributed by atoms with van der Waals surface area (Å²) in [6.45, 7) is 2.08. The maximum absolute atomic E-state index is 12.2. The van der Waals surface area contributed by atoms with Crippen molar-refractivity contribution in [2.75, 3.05) is 0 Å². The van der Waals surface area contributed by atoms with E-state index in [1.165, 1.54) is 10.4 Å². The molecule has 1 aliphatic carbocycles. The van der Waals surface area contributed by atoms with Crippen LogP contribution in [0.4, 0.5) is 0 Å². The Balaban J connectivity index is 2.02. The van der Waals surface area contributed by atoms with E-state index in [2.05, 4.69) is 18.4 Å². The highest BCUT2D eigenvalue weighted by Gasteiger charge is 2.24. The van der Waals surface area contributed by atoms with Gasteiger partial charge in [-0.2, -0.15) is 0 Å². The average molecular weight is 240 g/mol. The zero-order valence-electron chi connectivity index (χ0n) is 9.57. The molecule has 0 saturated heterocycles. The molecule has 1 aliphatic rings. The largest absolute Gasteiger partial charge is 0.289 e. The summed E-state index contributed by atoms with van der Waals surface area (Å²) in [5, 5.41) is 2.06. The van der Waals surface area contributed by atoms with Crippen molar-refractivity contribution in [2.24, 2.45) is 0 Å². The summed E-state index contributed by atoms with van der Waals surface area (Å²) in [5.41, 5.74) is 4.17. The molecule has 0 amide bonds. The van der Waals surface area contributed by atoms with Crippen LogP contribution in [0.3, 0.4) is 0 Å². The van der Waals surface area contributed by atoms with Crippen LogP contribution < -0.4 is 0 Å². The number of thiophene rings is 1. The van der Waals surface area contributed by atoms with E-state index in [9.17, 15) is 4.79 Å². The number of fused-ring (bicyclic) bond motifs is 1. The standard InChI is InChI=1S/C15H12OS/c1-10-6-7-17-14(10)9-12-8-11-4-2-3-5-13(11)15(12)16/h2-7,9H,8H2,1H3. The highest BCUT2D eigenvalue weighted by Crippen LogP contribution is 2.29. The number of allylic oxidation sites excluding steroid dienone is 1. The molecule has 3 rings (SSSR count). The van der Waals surface area contributed by atoms with Crippen LogP contribution in [0, 0.1) is 6.92 Å². The van der Waals surface area contributed by atoms with Gasteiger partial charge in [-0.3, -0.25) is 4.79 Å². The third kappa shape index (κ3) is 1.75. The van der Waals surface area contributed by atoms with Crippen LogP contribution in [-0.4, -0.2) is 5.78 Å². The van der Waals surface area contributed by atoms with Gasteiger partial charge in [0.15, 0.2) is 5.78 Å². The van der Waals surface area contributed by atoms with E-state index in [1.54, 1.807) is 11.3 Å². The predicted molar refractivity (Wildman–Crippen MR) is 71.5 cm³/mol. The zero-order chi connectivity index (χ0) is 11.8. The number of carbonyl (C=O) groups is 1. The lowest BCUT2D eigenvalue weighted by Gasteiger charge is -1.94.